The van der Waals surface area contributed by atoms with E-state index < -0.39 is 17.8 Å². The fourth-order valence-corrected chi connectivity index (χ4v) is 4.51. The number of hydrogen-bond acceptors (Lipinski definition) is 5. The van der Waals surface area contributed by atoms with Crippen LogP contribution in [0.1, 0.15) is 26.3 Å². The third kappa shape index (κ3) is 8.82. The van der Waals surface area contributed by atoms with E-state index in [0.29, 0.717) is 27.5 Å². The molecule has 0 atom stereocenters. The highest BCUT2D eigenvalue weighted by molar-refractivity contribution is 8.00. The van der Waals surface area contributed by atoms with Gasteiger partial charge in [-0.1, -0.05) is 48.0 Å². The number of hydrogen-bond donors (Lipinski definition) is 4. The molecule has 0 fully saturated rings. The van der Waals surface area contributed by atoms with Crippen LogP contribution in [0.2, 0.25) is 5.02 Å². The smallest absolute Gasteiger partial charge is 0.335 e. The number of aromatic carboxylic acids is 1. The summed E-state index contributed by atoms with van der Waals surface area (Å²) in [7, 11) is 0. The number of anilines is 2. The van der Waals surface area contributed by atoms with Gasteiger partial charge in [0.2, 0.25) is 5.91 Å². The minimum Gasteiger partial charge on any atom is -0.478 e. The lowest BCUT2D eigenvalue weighted by molar-refractivity contribution is -0.114. The van der Waals surface area contributed by atoms with Crippen LogP contribution in [0.25, 0.3) is 6.08 Å². The van der Waals surface area contributed by atoms with Crippen LogP contribution in [0.4, 0.5) is 11.4 Å². The largest absolute Gasteiger partial charge is 0.478 e. The Morgan fingerprint density at radius 3 is 2.17 bits per heavy atom. The highest BCUT2D eigenvalue weighted by Crippen LogP contribution is 2.22. The van der Waals surface area contributed by atoms with Crippen LogP contribution in [-0.4, -0.2) is 34.6 Å². The fourth-order valence-electron chi connectivity index (χ4n) is 3.61. The summed E-state index contributed by atoms with van der Waals surface area (Å²) in [5, 5.41) is 17.7. The summed E-state index contributed by atoms with van der Waals surface area (Å²) in [4.78, 5) is 50.2. The summed E-state index contributed by atoms with van der Waals surface area (Å²) in [6, 6.07) is 28.3. The monoisotopic (exact) mass is 585 g/mol. The molecule has 0 aliphatic carbocycles. The summed E-state index contributed by atoms with van der Waals surface area (Å²) in [5.41, 5.74) is 2.03. The molecule has 0 bridgehead atoms. The van der Waals surface area contributed by atoms with Crippen molar-refractivity contribution in [2.45, 2.75) is 4.90 Å². The van der Waals surface area contributed by atoms with Crippen molar-refractivity contribution in [3.05, 3.63) is 131 Å². The van der Waals surface area contributed by atoms with Gasteiger partial charge in [0.1, 0.15) is 5.70 Å². The van der Waals surface area contributed by atoms with E-state index in [1.54, 1.807) is 91.0 Å². The summed E-state index contributed by atoms with van der Waals surface area (Å²) >= 11 is 7.37. The molecule has 4 aromatic rings. The Balaban J connectivity index is 1.39. The zero-order valence-electron chi connectivity index (χ0n) is 21.5. The first kappa shape index (κ1) is 29.1. The second-order valence-corrected chi connectivity index (χ2v) is 10.1. The van der Waals surface area contributed by atoms with Gasteiger partial charge in [-0.3, -0.25) is 14.4 Å². The average Bonchev–Trinajstić information content (AvgIpc) is 2.97. The Kier molecular flexibility index (Phi) is 9.93. The molecule has 3 amide bonds. The predicted octanol–water partition coefficient (Wildman–Crippen LogP) is 6.18. The van der Waals surface area contributed by atoms with Crippen molar-refractivity contribution in [3.8, 4) is 0 Å². The molecule has 4 N–H and O–H groups in total. The standard InChI is InChI=1S/C31H24ClN3O5S/c32-23-10-4-6-20(16-23)17-27(35-29(37)21-7-2-1-3-8-21)30(38)34-24-12-14-26(15-13-24)41-19-28(36)33-25-11-5-9-22(18-25)31(39)40/h1-18H,19H2,(H,33,36)(H,34,38)(H,35,37)(H,39,40)/b27-17-. The minimum atomic E-state index is -1.08. The number of carboxylic acid groups (broad SMARTS) is 1. The second-order valence-electron chi connectivity index (χ2n) is 8.63. The van der Waals surface area contributed by atoms with E-state index in [-0.39, 0.29) is 22.9 Å². The van der Waals surface area contributed by atoms with Crippen LogP contribution >= 0.6 is 23.4 Å². The Bertz CT molecular complexity index is 1610. The van der Waals surface area contributed by atoms with E-state index in [4.69, 9.17) is 16.7 Å². The molecule has 0 radical (unpaired) electrons. The van der Waals surface area contributed by atoms with Crippen LogP contribution in [0.5, 0.6) is 0 Å². The number of benzene rings is 4. The van der Waals surface area contributed by atoms with Crippen molar-refractivity contribution in [2.75, 3.05) is 16.4 Å². The van der Waals surface area contributed by atoms with Crippen LogP contribution in [0.3, 0.4) is 0 Å². The van der Waals surface area contributed by atoms with Crippen molar-refractivity contribution in [2.24, 2.45) is 0 Å². The molecule has 0 saturated heterocycles. The lowest BCUT2D eigenvalue weighted by Gasteiger charge is -2.12. The SMILES string of the molecule is O=C(CSc1ccc(NC(=O)/C(=C/c2cccc(Cl)c2)NC(=O)c2ccccc2)cc1)Nc1cccc(C(=O)O)c1. The van der Waals surface area contributed by atoms with Gasteiger partial charge >= 0.3 is 5.97 Å². The Morgan fingerprint density at radius 2 is 1.46 bits per heavy atom. The first-order valence-electron chi connectivity index (χ1n) is 12.3. The number of carbonyl (C=O) groups excluding carboxylic acids is 3. The molecule has 10 heteroatoms. The predicted molar refractivity (Wildman–Crippen MR) is 161 cm³/mol. The van der Waals surface area contributed by atoms with E-state index in [0.717, 1.165) is 4.90 Å². The van der Waals surface area contributed by atoms with Crippen LogP contribution < -0.4 is 16.0 Å². The normalized spacial score (nSPS) is 10.9. The molecular formula is C31H24ClN3O5S. The van der Waals surface area contributed by atoms with Crippen molar-refractivity contribution in [1.82, 2.24) is 5.32 Å². The summed E-state index contributed by atoms with van der Waals surface area (Å²) in [5.74, 6) is -2.24. The van der Waals surface area contributed by atoms with Gasteiger partial charge in [-0.25, -0.2) is 4.79 Å². The Morgan fingerprint density at radius 1 is 0.756 bits per heavy atom. The number of rotatable bonds is 10. The molecule has 4 aromatic carbocycles. The topological polar surface area (TPSA) is 125 Å². The van der Waals surface area contributed by atoms with Gasteiger partial charge in [0, 0.05) is 26.9 Å². The zero-order chi connectivity index (χ0) is 29.2. The van der Waals surface area contributed by atoms with Gasteiger partial charge < -0.3 is 21.1 Å². The van der Waals surface area contributed by atoms with E-state index in [9.17, 15) is 19.2 Å². The lowest BCUT2D eigenvalue weighted by atomic mass is 10.1. The van der Waals surface area contributed by atoms with Crippen LogP contribution in [0.15, 0.2) is 114 Å². The van der Waals surface area contributed by atoms with E-state index in [2.05, 4.69) is 16.0 Å². The molecule has 4 rings (SSSR count). The Hall–Kier alpha value is -4.86. The van der Waals surface area contributed by atoms with Crippen molar-refractivity contribution < 1.29 is 24.3 Å². The molecule has 0 saturated carbocycles. The third-order valence-electron chi connectivity index (χ3n) is 5.56. The van der Waals surface area contributed by atoms with E-state index in [1.165, 1.54) is 30.0 Å². The zero-order valence-corrected chi connectivity index (χ0v) is 23.0. The van der Waals surface area contributed by atoms with Crippen molar-refractivity contribution in [3.63, 3.8) is 0 Å². The highest BCUT2D eigenvalue weighted by atomic mass is 35.5. The first-order chi connectivity index (χ1) is 19.8. The maximum Gasteiger partial charge on any atom is 0.335 e. The lowest BCUT2D eigenvalue weighted by Crippen LogP contribution is -2.30. The molecular weight excluding hydrogens is 562 g/mol. The molecule has 0 aromatic heterocycles. The quantitative estimate of drug-likeness (QED) is 0.130. The average molecular weight is 586 g/mol. The number of amides is 3. The van der Waals surface area contributed by atoms with Gasteiger partial charge in [0.25, 0.3) is 11.8 Å². The minimum absolute atomic E-state index is 0.0307. The van der Waals surface area contributed by atoms with Gasteiger partial charge in [0.05, 0.1) is 11.3 Å². The van der Waals surface area contributed by atoms with E-state index in [1.807, 2.05) is 0 Å². The maximum absolute atomic E-state index is 13.2. The van der Waals surface area contributed by atoms with Crippen molar-refractivity contribution in [1.29, 1.82) is 0 Å². The van der Waals surface area contributed by atoms with Gasteiger partial charge in [-0.05, 0) is 78.4 Å². The summed E-state index contributed by atoms with van der Waals surface area (Å²) in [6.07, 6.45) is 1.54. The number of carbonyl (C=O) groups is 4. The van der Waals surface area contributed by atoms with Gasteiger partial charge in [0.15, 0.2) is 0 Å². The summed E-state index contributed by atoms with van der Waals surface area (Å²) < 4.78 is 0. The van der Waals surface area contributed by atoms with Gasteiger partial charge in [-0.15, -0.1) is 11.8 Å². The second kappa shape index (κ2) is 14.0. The van der Waals surface area contributed by atoms with Crippen LogP contribution in [0, 0.1) is 0 Å². The highest BCUT2D eigenvalue weighted by Gasteiger charge is 2.15. The molecule has 0 heterocycles. The first-order valence-corrected chi connectivity index (χ1v) is 13.6. The number of halogens is 1. The third-order valence-corrected chi connectivity index (χ3v) is 6.81. The number of nitrogens with one attached hydrogen (secondary N) is 3. The van der Waals surface area contributed by atoms with E-state index >= 15 is 0 Å². The fraction of sp³-hybridized carbons (Fsp3) is 0.0323. The molecule has 0 spiro atoms. The molecule has 0 aliphatic heterocycles. The Labute approximate surface area is 245 Å². The van der Waals surface area contributed by atoms with Crippen molar-refractivity contribution >= 4 is 64.5 Å². The number of carboxylic acids is 1. The van der Waals surface area contributed by atoms with Crippen LogP contribution in [-0.2, 0) is 9.59 Å². The number of thioether (sulfide) groups is 1. The summed E-state index contributed by atoms with van der Waals surface area (Å²) in [6.45, 7) is 0. The molecule has 8 nitrogen and oxygen atoms in total. The molecule has 206 valence electrons. The van der Waals surface area contributed by atoms with Gasteiger partial charge in [-0.2, -0.15) is 0 Å². The molecule has 0 aliphatic rings. The molecule has 41 heavy (non-hydrogen) atoms. The molecule has 0 unspecified atom stereocenters. The maximum atomic E-state index is 13.2.